The zero-order valence-electron chi connectivity index (χ0n) is 52.4. The van der Waals surface area contributed by atoms with Gasteiger partial charge in [0.05, 0.1) is 36.8 Å². The Bertz CT molecular complexity index is 2720. The van der Waals surface area contributed by atoms with E-state index in [9.17, 15) is 34.2 Å². The van der Waals surface area contributed by atoms with E-state index >= 15 is 0 Å². The van der Waals surface area contributed by atoms with Gasteiger partial charge in [0.15, 0.2) is 0 Å². The van der Waals surface area contributed by atoms with Crippen LogP contribution in [0.15, 0.2) is 24.5 Å². The summed E-state index contributed by atoms with van der Waals surface area (Å²) in [7, 11) is 0. The molecular formula is C63H98N10O12. The number of carbonyl (C=O) groups excluding carboxylic acids is 5. The van der Waals surface area contributed by atoms with Gasteiger partial charge < -0.3 is 64.5 Å². The van der Waals surface area contributed by atoms with Gasteiger partial charge in [-0.05, 0) is 132 Å². The molecule has 10 fully saturated rings. The second-order valence-electron chi connectivity index (χ2n) is 29.3. The minimum absolute atomic E-state index is 0.0510. The Labute approximate surface area is 502 Å². The summed E-state index contributed by atoms with van der Waals surface area (Å²) in [5.41, 5.74) is -1.87. The Balaban J connectivity index is 0.000000206. The van der Waals surface area contributed by atoms with Crippen LogP contribution in [-0.2, 0) is 14.2 Å². The van der Waals surface area contributed by atoms with Crippen LogP contribution in [0, 0.1) is 58.2 Å². The predicted octanol–water partition coefficient (Wildman–Crippen LogP) is 7.90. The molecule has 0 spiro atoms. The molecule has 5 N–H and O–H groups in total. The first-order chi connectivity index (χ1) is 40.0. The van der Waals surface area contributed by atoms with Gasteiger partial charge in [0.25, 0.3) is 11.8 Å². The van der Waals surface area contributed by atoms with Crippen molar-refractivity contribution >= 4 is 42.5 Å². The van der Waals surface area contributed by atoms with Gasteiger partial charge in [-0.2, -0.15) is 10.2 Å². The van der Waals surface area contributed by atoms with E-state index in [4.69, 9.17) is 23.7 Å². The highest BCUT2D eigenvalue weighted by Crippen LogP contribution is 2.57. The van der Waals surface area contributed by atoms with Crippen LogP contribution in [0.2, 0.25) is 0 Å². The van der Waals surface area contributed by atoms with Gasteiger partial charge in [0.1, 0.15) is 29.9 Å². The average Bonchev–Trinajstić information content (AvgIpc) is 3.61. The van der Waals surface area contributed by atoms with Gasteiger partial charge in [0, 0.05) is 87.7 Å². The summed E-state index contributed by atoms with van der Waals surface area (Å²) >= 11 is 0. The minimum Gasteiger partial charge on any atom is -0.477 e. The van der Waals surface area contributed by atoms with Crippen molar-refractivity contribution in [3.63, 3.8) is 0 Å². The Morgan fingerprint density at radius 3 is 1.31 bits per heavy atom. The van der Waals surface area contributed by atoms with Crippen LogP contribution in [0.1, 0.15) is 161 Å². The number of hydrogen-bond acceptors (Lipinski definition) is 15. The summed E-state index contributed by atoms with van der Waals surface area (Å²) < 4.78 is 32.1. The van der Waals surface area contributed by atoms with Gasteiger partial charge >= 0.3 is 18.3 Å². The Hall–Kier alpha value is -5.87. The number of aliphatic hydroxyl groups is 2. The first-order valence-corrected chi connectivity index (χ1v) is 31.4. The lowest BCUT2D eigenvalue weighted by Crippen LogP contribution is -2.61. The summed E-state index contributed by atoms with van der Waals surface area (Å²) in [5.74, 6) is 3.31. The summed E-state index contributed by atoms with van der Waals surface area (Å²) in [4.78, 5) is 69.7. The van der Waals surface area contributed by atoms with E-state index in [-0.39, 0.29) is 61.1 Å². The number of ether oxygens (including phenoxy) is 5. The van der Waals surface area contributed by atoms with Gasteiger partial charge in [-0.25, -0.2) is 23.7 Å². The monoisotopic (exact) mass is 1190 g/mol. The first-order valence-electron chi connectivity index (χ1n) is 31.4. The van der Waals surface area contributed by atoms with Crippen LogP contribution in [0.25, 0.3) is 12.4 Å². The van der Waals surface area contributed by atoms with Crippen molar-refractivity contribution in [2.24, 2.45) is 58.2 Å². The van der Waals surface area contributed by atoms with Gasteiger partial charge in [-0.3, -0.25) is 9.59 Å². The molecule has 2 aromatic rings. The largest absolute Gasteiger partial charge is 0.477 e. The molecule has 2 saturated heterocycles. The standard InChI is InChI=1S/C34H53N5O7.C29H45N5O5/c1-22(2)20-44-29-26(28(40)36-27-24-14-23-15-25(27)18-34(43,16-23)17-24)19-35-39(29)9-8-33(6,7)21-45-30(41)37-10-12-38(13-11-37)31(42)46-32(3,4)5;1-19(2)17-38-26-23(25(35)32-24-21-11-20-12-22(24)15-29(37,13-20)14-21)16-31-34(26)8-5-28(3,4)18-39-27(36)33-9-6-30-7-10-33/h8-9,19,22-25,27,43H,10-18,20-21H2,1-7H3,(H,36,40);5,8,16,19-22,24,30,37H,6-7,9-15,17-18H2,1-4H3,(H,32,35)/b9-8+;8-5+. The molecule has 5 amide bonds. The minimum atomic E-state index is -0.572. The molecular weight excluding hydrogens is 1090 g/mol. The Morgan fingerprint density at radius 2 is 0.953 bits per heavy atom. The van der Waals surface area contributed by atoms with Crippen molar-refractivity contribution in [3.8, 4) is 11.8 Å². The highest BCUT2D eigenvalue weighted by Gasteiger charge is 2.56. The molecule has 4 heterocycles. The molecule has 8 saturated carbocycles. The molecule has 22 heteroatoms. The normalized spacial score (nSPS) is 28.9. The van der Waals surface area contributed by atoms with Crippen LogP contribution in [0.3, 0.4) is 0 Å². The van der Waals surface area contributed by atoms with Crippen LogP contribution < -0.4 is 25.4 Å². The van der Waals surface area contributed by atoms with E-state index in [0.29, 0.717) is 111 Å². The fourth-order valence-corrected chi connectivity index (χ4v) is 14.5. The van der Waals surface area contributed by atoms with Crippen molar-refractivity contribution in [1.82, 2.24) is 50.2 Å². The van der Waals surface area contributed by atoms with Crippen molar-refractivity contribution in [2.45, 2.75) is 169 Å². The molecule has 2 aliphatic heterocycles. The Kier molecular flexibility index (Phi) is 19.3. The number of hydrogen-bond donors (Lipinski definition) is 5. The topological polar surface area (TPSA) is 253 Å². The van der Waals surface area contributed by atoms with Crippen molar-refractivity contribution in [2.75, 3.05) is 78.8 Å². The van der Waals surface area contributed by atoms with E-state index in [1.165, 1.54) is 0 Å². The second-order valence-corrected chi connectivity index (χ2v) is 29.3. The van der Waals surface area contributed by atoms with Gasteiger partial charge in [0.2, 0.25) is 11.8 Å². The Morgan fingerprint density at radius 1 is 0.588 bits per heavy atom. The maximum atomic E-state index is 13.6. The fourth-order valence-electron chi connectivity index (χ4n) is 14.5. The zero-order valence-corrected chi connectivity index (χ0v) is 52.4. The number of rotatable bonds is 18. The van der Waals surface area contributed by atoms with Gasteiger partial charge in [-0.15, -0.1) is 0 Å². The zero-order chi connectivity index (χ0) is 61.2. The molecule has 85 heavy (non-hydrogen) atoms. The highest BCUT2D eigenvalue weighted by molar-refractivity contribution is 5.97. The molecule has 22 nitrogen and oxygen atoms in total. The highest BCUT2D eigenvalue weighted by atomic mass is 16.6. The predicted molar refractivity (Wildman–Crippen MR) is 319 cm³/mol. The number of nitrogens with zero attached hydrogens (tertiary/aromatic N) is 7. The lowest BCUT2D eigenvalue weighted by atomic mass is 9.52. The first kappa shape index (κ1) is 63.6. The maximum absolute atomic E-state index is 13.6. The summed E-state index contributed by atoms with van der Waals surface area (Å²) in [5, 5.41) is 40.6. The number of piperazine rings is 2. The van der Waals surface area contributed by atoms with Crippen molar-refractivity contribution < 1.29 is 57.9 Å². The smallest absolute Gasteiger partial charge is 0.410 e. The number of amides is 5. The quantitative estimate of drug-likeness (QED) is 0.0890. The van der Waals surface area contributed by atoms with Crippen LogP contribution in [-0.4, -0.2) is 182 Å². The van der Waals surface area contributed by atoms with Crippen LogP contribution >= 0.6 is 0 Å². The third-order valence-corrected chi connectivity index (χ3v) is 18.2. The summed E-state index contributed by atoms with van der Waals surface area (Å²) in [6.45, 7) is 27.1. The van der Waals surface area contributed by atoms with Crippen molar-refractivity contribution in [1.29, 1.82) is 0 Å². The molecule has 8 aliphatic carbocycles. The third-order valence-electron chi connectivity index (χ3n) is 18.2. The van der Waals surface area contributed by atoms with E-state index in [1.807, 2.05) is 74.5 Å². The average molecular weight is 1190 g/mol. The lowest BCUT2D eigenvalue weighted by Gasteiger charge is -2.58. The molecule has 12 rings (SSSR count). The van der Waals surface area contributed by atoms with Crippen LogP contribution in [0.5, 0.6) is 11.8 Å². The molecule has 0 aromatic carbocycles. The third kappa shape index (κ3) is 16.2. The van der Waals surface area contributed by atoms with E-state index < -0.39 is 33.7 Å². The molecule has 0 radical (unpaired) electrons. The summed E-state index contributed by atoms with van der Waals surface area (Å²) in [6, 6.07) is 0.130. The number of nitrogens with one attached hydrogen (secondary N) is 3. The summed E-state index contributed by atoms with van der Waals surface area (Å²) in [6.07, 6.45) is 18.5. The number of carbonyl (C=O) groups is 5. The molecule has 10 aliphatic rings. The van der Waals surface area contributed by atoms with Gasteiger partial charge in [-0.1, -0.05) is 67.5 Å². The molecule has 8 bridgehead atoms. The maximum Gasteiger partial charge on any atom is 0.410 e. The van der Waals surface area contributed by atoms with Crippen molar-refractivity contribution in [3.05, 3.63) is 35.7 Å². The number of aromatic nitrogens is 4. The fraction of sp³-hybridized carbons (Fsp3) is 0.762. The SMILES string of the molecule is CC(C)COc1c(C(=O)NC2C3CC4CC2CC(O)(C4)C3)cnn1/C=C/C(C)(C)COC(=O)N1CCN(C(=O)OC(C)(C)C)CC1.CC(C)COc1c(C(=O)NC2C3CC4CC2CC(O)(C4)C3)cnn1/C=C/C(C)(C)COC(=O)N1CCNCC1. The molecule has 4 unspecified atom stereocenters. The van der Waals surface area contributed by atoms with E-state index in [2.05, 4.69) is 40.0 Å². The van der Waals surface area contributed by atoms with Crippen LogP contribution in [0.4, 0.5) is 14.4 Å². The molecule has 2 aromatic heterocycles. The second kappa shape index (κ2) is 25.8. The molecule has 4 atom stereocenters. The van der Waals surface area contributed by atoms with E-state index in [1.54, 1.807) is 48.9 Å². The van der Waals surface area contributed by atoms with E-state index in [0.717, 1.165) is 77.3 Å². The molecule has 472 valence electrons. The lowest BCUT2D eigenvalue weighted by molar-refractivity contribution is -0.137.